The Bertz CT molecular complexity index is 1260. The number of aromatic carboxylic acids is 1. The zero-order chi connectivity index (χ0) is 28.6. The van der Waals surface area contributed by atoms with Crippen molar-refractivity contribution in [1.29, 1.82) is 0 Å². The molecule has 1 aromatic heterocycles. The monoisotopic (exact) mass is 563 g/mol. The zero-order valence-electron chi connectivity index (χ0n) is 22.9. The molecule has 0 amide bonds. The van der Waals surface area contributed by atoms with E-state index in [4.69, 9.17) is 14.6 Å². The van der Waals surface area contributed by atoms with E-state index in [2.05, 4.69) is 17.1 Å². The van der Waals surface area contributed by atoms with Gasteiger partial charge in [0.1, 0.15) is 17.2 Å². The Kier molecular flexibility index (Phi) is 13.1. The molecule has 0 saturated carbocycles. The van der Waals surface area contributed by atoms with Gasteiger partial charge in [-0.05, 0) is 66.8 Å². The number of hydrogen-bond acceptors (Lipinski definition) is 6. The first-order chi connectivity index (χ1) is 19.5. The average Bonchev–Trinajstić information content (AvgIpc) is 2.96. The quantitative estimate of drug-likeness (QED) is 0.123. The number of methoxy groups -OCH3 is 1. The van der Waals surface area contributed by atoms with Crippen molar-refractivity contribution in [3.8, 4) is 11.5 Å². The van der Waals surface area contributed by atoms with Crippen LogP contribution in [0.2, 0.25) is 0 Å². The maximum atomic E-state index is 11.4. The zero-order valence-corrected chi connectivity index (χ0v) is 23.7. The predicted molar refractivity (Wildman–Crippen MR) is 159 cm³/mol. The number of carboxylic acids is 2. The van der Waals surface area contributed by atoms with E-state index in [0.29, 0.717) is 35.1 Å². The number of carboxylic acid groups (broad SMARTS) is 2. The molecule has 40 heavy (non-hydrogen) atoms. The summed E-state index contributed by atoms with van der Waals surface area (Å²) in [5, 5.41) is 18.4. The van der Waals surface area contributed by atoms with E-state index >= 15 is 0 Å². The second-order valence-electron chi connectivity index (χ2n) is 9.38. The highest BCUT2D eigenvalue weighted by molar-refractivity contribution is 7.97. The van der Waals surface area contributed by atoms with Crippen LogP contribution >= 0.6 is 11.8 Å². The van der Waals surface area contributed by atoms with Crippen LogP contribution in [0, 0.1) is 0 Å². The lowest BCUT2D eigenvalue weighted by molar-refractivity contribution is -0.131. The van der Waals surface area contributed by atoms with Crippen LogP contribution in [0.3, 0.4) is 0 Å². The van der Waals surface area contributed by atoms with Crippen LogP contribution in [0.15, 0.2) is 66.7 Å². The van der Waals surface area contributed by atoms with Crippen molar-refractivity contribution >= 4 is 29.8 Å². The third-order valence-corrected chi connectivity index (χ3v) is 7.37. The molecular formula is C32H37NO6S. The molecule has 0 fully saturated rings. The Morgan fingerprint density at radius 1 is 0.875 bits per heavy atom. The van der Waals surface area contributed by atoms with Crippen molar-refractivity contribution < 1.29 is 29.3 Å². The number of rotatable bonds is 18. The number of ether oxygens (including phenoxy) is 2. The number of aryl methyl sites for hydroxylation is 1. The second-order valence-corrected chi connectivity index (χ2v) is 10.4. The third kappa shape index (κ3) is 10.8. The summed E-state index contributed by atoms with van der Waals surface area (Å²) in [5.74, 6) is 0.539. The molecule has 0 radical (unpaired) electrons. The van der Waals surface area contributed by atoms with Gasteiger partial charge >= 0.3 is 11.9 Å². The molecule has 0 atom stereocenters. The summed E-state index contributed by atoms with van der Waals surface area (Å²) < 4.78 is 11.2. The SMILES string of the molecule is COc1ccc(CCCCCCCCOc2ccc(CSCc3ccccc3C(=O)O)nc2C=CC(=O)O)cc1. The minimum atomic E-state index is -1.05. The van der Waals surface area contributed by atoms with Crippen LogP contribution in [0.1, 0.15) is 71.4 Å². The van der Waals surface area contributed by atoms with Gasteiger partial charge in [-0.25, -0.2) is 14.6 Å². The first-order valence-electron chi connectivity index (χ1n) is 13.5. The Labute approximate surface area is 240 Å². The third-order valence-electron chi connectivity index (χ3n) is 6.36. The van der Waals surface area contributed by atoms with E-state index in [1.807, 2.05) is 36.4 Å². The van der Waals surface area contributed by atoms with E-state index in [-0.39, 0.29) is 0 Å². The van der Waals surface area contributed by atoms with Gasteiger partial charge in [0.15, 0.2) is 0 Å². The minimum absolute atomic E-state index is 0.297. The second kappa shape index (κ2) is 17.0. The maximum Gasteiger partial charge on any atom is 0.335 e. The van der Waals surface area contributed by atoms with Crippen molar-refractivity contribution in [2.75, 3.05) is 13.7 Å². The van der Waals surface area contributed by atoms with Crippen LogP contribution in [-0.4, -0.2) is 40.9 Å². The Balaban J connectivity index is 1.40. The number of thioether (sulfide) groups is 1. The molecule has 0 unspecified atom stereocenters. The maximum absolute atomic E-state index is 11.4. The summed E-state index contributed by atoms with van der Waals surface area (Å²) in [6.07, 6.45) is 10.3. The van der Waals surface area contributed by atoms with Crippen molar-refractivity contribution in [2.45, 2.75) is 56.5 Å². The number of nitrogens with zero attached hydrogens (tertiary/aromatic N) is 1. The lowest BCUT2D eigenvalue weighted by Crippen LogP contribution is -2.02. The molecule has 1 heterocycles. The largest absolute Gasteiger partial charge is 0.497 e. The minimum Gasteiger partial charge on any atom is -0.497 e. The predicted octanol–water partition coefficient (Wildman–Crippen LogP) is 7.28. The molecular weight excluding hydrogens is 526 g/mol. The van der Waals surface area contributed by atoms with E-state index in [0.717, 1.165) is 48.8 Å². The van der Waals surface area contributed by atoms with Gasteiger partial charge in [-0.1, -0.05) is 56.0 Å². The lowest BCUT2D eigenvalue weighted by Gasteiger charge is -2.11. The van der Waals surface area contributed by atoms with Crippen LogP contribution in [-0.2, 0) is 22.7 Å². The summed E-state index contributed by atoms with van der Waals surface area (Å²) in [4.78, 5) is 27.1. The van der Waals surface area contributed by atoms with E-state index in [1.54, 1.807) is 31.0 Å². The topological polar surface area (TPSA) is 106 Å². The number of benzene rings is 2. The van der Waals surface area contributed by atoms with Crippen LogP contribution in [0.5, 0.6) is 11.5 Å². The van der Waals surface area contributed by atoms with Gasteiger partial charge in [-0.2, -0.15) is 11.8 Å². The number of aliphatic carboxylic acids is 1. The summed E-state index contributed by atoms with van der Waals surface area (Å²) in [7, 11) is 1.68. The fraction of sp³-hybridized carbons (Fsp3) is 0.344. The van der Waals surface area contributed by atoms with E-state index in [9.17, 15) is 14.7 Å². The molecule has 7 nitrogen and oxygen atoms in total. The average molecular weight is 564 g/mol. The Morgan fingerprint density at radius 3 is 2.33 bits per heavy atom. The molecule has 2 N–H and O–H groups in total. The highest BCUT2D eigenvalue weighted by atomic mass is 32.2. The summed E-state index contributed by atoms with van der Waals surface area (Å²) >= 11 is 1.55. The molecule has 0 aliphatic carbocycles. The van der Waals surface area contributed by atoms with Gasteiger partial charge in [-0.3, -0.25) is 0 Å². The lowest BCUT2D eigenvalue weighted by atomic mass is 10.0. The van der Waals surface area contributed by atoms with Crippen LogP contribution in [0.4, 0.5) is 0 Å². The fourth-order valence-corrected chi connectivity index (χ4v) is 5.15. The number of carbonyl (C=O) groups is 2. The molecule has 3 rings (SSSR count). The molecule has 212 valence electrons. The molecule has 0 saturated heterocycles. The van der Waals surface area contributed by atoms with Crippen molar-refractivity contribution in [3.63, 3.8) is 0 Å². The van der Waals surface area contributed by atoms with Gasteiger partial charge < -0.3 is 19.7 Å². The van der Waals surface area contributed by atoms with Gasteiger partial charge in [0, 0.05) is 17.6 Å². The highest BCUT2D eigenvalue weighted by Gasteiger charge is 2.10. The summed E-state index contributed by atoms with van der Waals surface area (Å²) in [6, 6.07) is 18.9. The molecule has 8 heteroatoms. The first kappa shape index (κ1) is 30.8. The number of aromatic nitrogens is 1. The van der Waals surface area contributed by atoms with Crippen LogP contribution in [0.25, 0.3) is 6.08 Å². The summed E-state index contributed by atoms with van der Waals surface area (Å²) in [5.41, 5.74) is 3.63. The molecule has 0 aliphatic heterocycles. The molecule has 0 aliphatic rings. The van der Waals surface area contributed by atoms with Crippen molar-refractivity contribution in [3.05, 3.63) is 94.8 Å². The van der Waals surface area contributed by atoms with Crippen LogP contribution < -0.4 is 9.47 Å². The van der Waals surface area contributed by atoms with Gasteiger partial charge in [0.05, 0.1) is 25.0 Å². The first-order valence-corrected chi connectivity index (χ1v) is 14.7. The number of unbranched alkanes of at least 4 members (excludes halogenated alkanes) is 5. The molecule has 0 spiro atoms. The fourth-order valence-electron chi connectivity index (χ4n) is 4.21. The van der Waals surface area contributed by atoms with Gasteiger partial charge in [0.25, 0.3) is 0 Å². The van der Waals surface area contributed by atoms with E-state index < -0.39 is 11.9 Å². The smallest absolute Gasteiger partial charge is 0.335 e. The molecule has 3 aromatic rings. The Morgan fingerprint density at radius 2 is 1.60 bits per heavy atom. The number of hydrogen-bond donors (Lipinski definition) is 2. The van der Waals surface area contributed by atoms with Crippen molar-refractivity contribution in [1.82, 2.24) is 4.98 Å². The molecule has 2 aromatic carbocycles. The standard InChI is InChI=1S/C32H37NO6S/c1-38-27-16-13-24(14-17-27)10-6-4-2-3-5-9-21-39-30-19-15-26(33-29(30)18-20-31(34)35)23-40-22-25-11-7-8-12-28(25)32(36)37/h7-8,11-20H,2-6,9-10,21-23H2,1H3,(H,34,35)(H,36,37). The van der Waals surface area contributed by atoms with E-state index in [1.165, 1.54) is 30.9 Å². The number of pyridine rings is 1. The Hall–Kier alpha value is -3.78. The van der Waals surface area contributed by atoms with Crippen molar-refractivity contribution in [2.24, 2.45) is 0 Å². The van der Waals surface area contributed by atoms with Gasteiger partial charge in [-0.15, -0.1) is 0 Å². The normalized spacial score (nSPS) is 11.0. The van der Waals surface area contributed by atoms with Gasteiger partial charge in [0.2, 0.25) is 0 Å². The molecule has 0 bridgehead atoms. The summed E-state index contributed by atoms with van der Waals surface area (Å²) in [6.45, 7) is 0.543. The highest BCUT2D eigenvalue weighted by Crippen LogP contribution is 2.24.